The average molecular weight is 297 g/mol. The molecule has 4 heteroatoms. The van der Waals surface area contributed by atoms with Crippen LogP contribution in [0.4, 0.5) is 0 Å². The number of rotatable bonds is 4. The highest BCUT2D eigenvalue weighted by molar-refractivity contribution is 9.10. The third-order valence-corrected chi connectivity index (χ3v) is 3.48. The van der Waals surface area contributed by atoms with Gasteiger partial charge in [0.1, 0.15) is 0 Å². The Morgan fingerprint density at radius 3 is 2.76 bits per heavy atom. The van der Waals surface area contributed by atoms with Gasteiger partial charge in [-0.05, 0) is 31.0 Å². The van der Waals surface area contributed by atoms with Gasteiger partial charge in [0.25, 0.3) is 0 Å². The third kappa shape index (κ3) is 3.82. The third-order valence-electron chi connectivity index (χ3n) is 2.95. The van der Waals surface area contributed by atoms with E-state index in [1.54, 1.807) is 0 Å². The SMILES string of the molecule is CC(Cc1ccc(Br)cc1)NC1CNC(=O)C1. The maximum Gasteiger partial charge on any atom is 0.221 e. The minimum absolute atomic E-state index is 0.151. The van der Waals surface area contributed by atoms with E-state index in [0.717, 1.165) is 17.4 Å². The molecule has 92 valence electrons. The van der Waals surface area contributed by atoms with Crippen LogP contribution in [0.3, 0.4) is 0 Å². The van der Waals surface area contributed by atoms with Crippen LogP contribution in [0, 0.1) is 0 Å². The molecule has 3 nitrogen and oxygen atoms in total. The smallest absolute Gasteiger partial charge is 0.221 e. The zero-order chi connectivity index (χ0) is 12.3. The van der Waals surface area contributed by atoms with Gasteiger partial charge >= 0.3 is 0 Å². The molecule has 2 atom stereocenters. The van der Waals surface area contributed by atoms with Crippen LogP contribution in [-0.4, -0.2) is 24.5 Å². The Kier molecular flexibility index (Phi) is 4.18. The lowest BCUT2D eigenvalue weighted by molar-refractivity contribution is -0.119. The molecule has 1 amide bonds. The number of benzene rings is 1. The van der Waals surface area contributed by atoms with Crippen molar-refractivity contribution in [2.45, 2.75) is 31.8 Å². The van der Waals surface area contributed by atoms with Gasteiger partial charge in [-0.3, -0.25) is 4.79 Å². The summed E-state index contributed by atoms with van der Waals surface area (Å²) in [6, 6.07) is 9.04. The molecule has 2 unspecified atom stereocenters. The van der Waals surface area contributed by atoms with Crippen LogP contribution < -0.4 is 10.6 Å². The van der Waals surface area contributed by atoms with Crippen LogP contribution in [0.1, 0.15) is 18.9 Å². The Hall–Kier alpha value is -0.870. The van der Waals surface area contributed by atoms with Crippen molar-refractivity contribution in [1.29, 1.82) is 0 Å². The summed E-state index contributed by atoms with van der Waals surface area (Å²) in [6.45, 7) is 2.91. The second-order valence-corrected chi connectivity index (χ2v) is 5.52. The molecule has 0 saturated carbocycles. The lowest BCUT2D eigenvalue weighted by Crippen LogP contribution is -2.38. The summed E-state index contributed by atoms with van der Waals surface area (Å²) in [7, 11) is 0. The Labute approximate surface area is 110 Å². The summed E-state index contributed by atoms with van der Waals surface area (Å²) in [5, 5.41) is 6.32. The first-order chi connectivity index (χ1) is 8.13. The summed E-state index contributed by atoms with van der Waals surface area (Å²) in [6.07, 6.45) is 1.59. The summed E-state index contributed by atoms with van der Waals surface area (Å²) >= 11 is 3.43. The highest BCUT2D eigenvalue weighted by atomic mass is 79.9. The van der Waals surface area contributed by atoms with E-state index in [4.69, 9.17) is 0 Å². The molecule has 1 aromatic rings. The molecular formula is C13H17BrN2O. The zero-order valence-electron chi connectivity index (χ0n) is 9.87. The van der Waals surface area contributed by atoms with Gasteiger partial charge in [0.2, 0.25) is 5.91 Å². The van der Waals surface area contributed by atoms with Crippen molar-refractivity contribution in [1.82, 2.24) is 10.6 Å². The molecule has 1 aliphatic heterocycles. The van der Waals surface area contributed by atoms with E-state index in [1.165, 1.54) is 5.56 Å². The molecule has 0 radical (unpaired) electrons. The lowest BCUT2D eigenvalue weighted by Gasteiger charge is -2.18. The normalized spacial score (nSPS) is 21.3. The maximum absolute atomic E-state index is 11.1. The van der Waals surface area contributed by atoms with E-state index in [0.29, 0.717) is 12.5 Å². The summed E-state index contributed by atoms with van der Waals surface area (Å²) < 4.78 is 1.10. The Bertz CT molecular complexity index is 391. The minimum atomic E-state index is 0.151. The van der Waals surface area contributed by atoms with E-state index in [-0.39, 0.29) is 11.9 Å². The molecular weight excluding hydrogens is 280 g/mol. The van der Waals surface area contributed by atoms with Crippen molar-refractivity contribution in [3.05, 3.63) is 34.3 Å². The van der Waals surface area contributed by atoms with Crippen molar-refractivity contribution in [2.24, 2.45) is 0 Å². The Morgan fingerprint density at radius 2 is 2.18 bits per heavy atom. The van der Waals surface area contributed by atoms with Gasteiger partial charge < -0.3 is 10.6 Å². The molecule has 2 rings (SSSR count). The zero-order valence-corrected chi connectivity index (χ0v) is 11.5. The van der Waals surface area contributed by atoms with Crippen LogP contribution in [-0.2, 0) is 11.2 Å². The van der Waals surface area contributed by atoms with E-state index >= 15 is 0 Å². The number of halogens is 1. The molecule has 0 spiro atoms. The standard InChI is InChI=1S/C13H17BrN2O/c1-9(16-12-7-13(17)15-8-12)6-10-2-4-11(14)5-3-10/h2-5,9,12,16H,6-8H2,1H3,(H,15,17). The fourth-order valence-corrected chi connectivity index (χ4v) is 2.42. The summed E-state index contributed by atoms with van der Waals surface area (Å²) in [5.41, 5.74) is 1.31. The van der Waals surface area contributed by atoms with E-state index in [1.807, 2.05) is 0 Å². The quantitative estimate of drug-likeness (QED) is 0.890. The topological polar surface area (TPSA) is 41.1 Å². The molecule has 1 aliphatic rings. The van der Waals surface area contributed by atoms with Gasteiger partial charge in [0.05, 0.1) is 0 Å². The predicted octanol–water partition coefficient (Wildman–Crippen LogP) is 1.86. The van der Waals surface area contributed by atoms with Gasteiger partial charge in [0, 0.05) is 29.5 Å². The first kappa shape index (κ1) is 12.6. The van der Waals surface area contributed by atoms with Crippen LogP contribution in [0.5, 0.6) is 0 Å². The average Bonchev–Trinajstić information content (AvgIpc) is 2.67. The first-order valence-corrected chi connectivity index (χ1v) is 6.70. The largest absolute Gasteiger partial charge is 0.354 e. The highest BCUT2D eigenvalue weighted by Crippen LogP contribution is 2.12. The van der Waals surface area contributed by atoms with Crippen molar-refractivity contribution in [3.8, 4) is 0 Å². The number of carbonyl (C=O) groups excluding carboxylic acids is 1. The molecule has 1 fully saturated rings. The monoisotopic (exact) mass is 296 g/mol. The fourth-order valence-electron chi connectivity index (χ4n) is 2.16. The van der Waals surface area contributed by atoms with Gasteiger partial charge in [-0.1, -0.05) is 28.1 Å². The minimum Gasteiger partial charge on any atom is -0.354 e. The molecule has 2 N–H and O–H groups in total. The second-order valence-electron chi connectivity index (χ2n) is 4.60. The van der Waals surface area contributed by atoms with Crippen LogP contribution in [0.2, 0.25) is 0 Å². The number of nitrogens with one attached hydrogen (secondary N) is 2. The van der Waals surface area contributed by atoms with Crippen molar-refractivity contribution in [2.75, 3.05) is 6.54 Å². The van der Waals surface area contributed by atoms with E-state index in [9.17, 15) is 4.79 Å². The van der Waals surface area contributed by atoms with Crippen LogP contribution in [0.25, 0.3) is 0 Å². The molecule has 0 bridgehead atoms. The van der Waals surface area contributed by atoms with Crippen molar-refractivity contribution in [3.63, 3.8) is 0 Å². The number of hydrogen-bond donors (Lipinski definition) is 2. The van der Waals surface area contributed by atoms with Crippen molar-refractivity contribution >= 4 is 21.8 Å². The van der Waals surface area contributed by atoms with E-state index < -0.39 is 0 Å². The highest BCUT2D eigenvalue weighted by Gasteiger charge is 2.22. The molecule has 1 saturated heterocycles. The predicted molar refractivity (Wildman–Crippen MR) is 71.9 cm³/mol. The van der Waals surface area contributed by atoms with Gasteiger partial charge in [-0.25, -0.2) is 0 Å². The second kappa shape index (κ2) is 5.65. The Morgan fingerprint density at radius 1 is 1.47 bits per heavy atom. The van der Waals surface area contributed by atoms with Crippen LogP contribution in [0.15, 0.2) is 28.7 Å². The molecule has 0 aromatic heterocycles. The molecule has 1 aromatic carbocycles. The van der Waals surface area contributed by atoms with Crippen molar-refractivity contribution < 1.29 is 4.79 Å². The molecule has 17 heavy (non-hydrogen) atoms. The van der Waals surface area contributed by atoms with E-state index in [2.05, 4.69) is 57.8 Å². The number of carbonyl (C=O) groups is 1. The number of hydrogen-bond acceptors (Lipinski definition) is 2. The molecule has 1 heterocycles. The summed E-state index contributed by atoms with van der Waals surface area (Å²) in [5.74, 6) is 0.151. The number of amides is 1. The Balaban J connectivity index is 1.82. The summed E-state index contributed by atoms with van der Waals surface area (Å²) in [4.78, 5) is 11.1. The van der Waals surface area contributed by atoms with Gasteiger partial charge in [-0.15, -0.1) is 0 Å². The lowest BCUT2D eigenvalue weighted by atomic mass is 10.1. The first-order valence-electron chi connectivity index (χ1n) is 5.90. The maximum atomic E-state index is 11.1. The fraction of sp³-hybridized carbons (Fsp3) is 0.462. The van der Waals surface area contributed by atoms with Crippen LogP contribution >= 0.6 is 15.9 Å². The molecule has 0 aliphatic carbocycles. The van der Waals surface area contributed by atoms with Gasteiger partial charge in [-0.2, -0.15) is 0 Å². The van der Waals surface area contributed by atoms with Gasteiger partial charge in [0.15, 0.2) is 0 Å².